The molecule has 2 saturated heterocycles. The fraction of sp³-hybridized carbons (Fsp3) is 0.857. The Morgan fingerprint density at radius 1 is 1.05 bits per heavy atom. The molecule has 1 atom stereocenters. The average Bonchev–Trinajstić information content (AvgIpc) is 2.98. The molecule has 0 radical (unpaired) electrons. The van der Waals surface area contributed by atoms with Crippen molar-refractivity contribution in [2.45, 2.75) is 56.7 Å². The zero-order valence-corrected chi connectivity index (χ0v) is 11.8. The van der Waals surface area contributed by atoms with Crippen molar-refractivity contribution in [1.29, 1.82) is 0 Å². The van der Waals surface area contributed by atoms with Crippen LogP contribution in [0.4, 0.5) is 6.01 Å². The van der Waals surface area contributed by atoms with E-state index in [9.17, 15) is 0 Å². The van der Waals surface area contributed by atoms with Crippen LogP contribution in [0.5, 0.6) is 0 Å². The second kappa shape index (κ2) is 5.33. The van der Waals surface area contributed by atoms with Crippen LogP contribution in [0.3, 0.4) is 0 Å². The van der Waals surface area contributed by atoms with E-state index in [0.717, 1.165) is 57.2 Å². The number of hydrogen-bond donors (Lipinski definition) is 1. The summed E-state index contributed by atoms with van der Waals surface area (Å²) in [5.74, 6) is 0.718. The van der Waals surface area contributed by atoms with Crippen LogP contribution in [-0.2, 0) is 4.74 Å². The summed E-state index contributed by atoms with van der Waals surface area (Å²) in [5, 5.41) is 7.78. The predicted octanol–water partition coefficient (Wildman–Crippen LogP) is 1.64. The van der Waals surface area contributed by atoms with Crippen LogP contribution in [-0.4, -0.2) is 41.9 Å². The lowest BCUT2D eigenvalue weighted by Crippen LogP contribution is -2.43. The summed E-state index contributed by atoms with van der Waals surface area (Å²) in [6.07, 6.45) is 7.17. The number of nitrogens with zero attached hydrogens (tertiary/aromatic N) is 3. The molecule has 6 heteroatoms. The van der Waals surface area contributed by atoms with E-state index in [0.29, 0.717) is 12.1 Å². The van der Waals surface area contributed by atoms with Gasteiger partial charge in [-0.05, 0) is 38.5 Å². The molecular weight excluding hydrogens is 256 g/mol. The van der Waals surface area contributed by atoms with Crippen LogP contribution in [0, 0.1) is 0 Å². The number of piperidine rings is 1. The summed E-state index contributed by atoms with van der Waals surface area (Å²) in [5.41, 5.74) is 0. The van der Waals surface area contributed by atoms with Crippen LogP contribution < -0.4 is 10.2 Å². The molecule has 0 spiro atoms. The van der Waals surface area contributed by atoms with Crippen molar-refractivity contribution >= 4 is 6.01 Å². The van der Waals surface area contributed by atoms with Gasteiger partial charge in [-0.3, -0.25) is 0 Å². The first-order valence-electron chi connectivity index (χ1n) is 7.85. The molecule has 0 unspecified atom stereocenters. The molecule has 0 amide bonds. The van der Waals surface area contributed by atoms with Crippen molar-refractivity contribution in [3.8, 4) is 0 Å². The topological polar surface area (TPSA) is 63.4 Å². The standard InChI is InChI=1S/C14H22N4O2/c1-2-12(19-9-1)13-16-14(20-17-13)18-7-5-11(6-8-18)15-10-3-4-10/h10-12,15H,1-9H2/t12-/m0/s1. The van der Waals surface area contributed by atoms with Crippen molar-refractivity contribution < 1.29 is 9.26 Å². The second-order valence-corrected chi connectivity index (χ2v) is 6.14. The zero-order valence-electron chi connectivity index (χ0n) is 11.8. The van der Waals surface area contributed by atoms with E-state index in [1.165, 1.54) is 12.8 Å². The van der Waals surface area contributed by atoms with Gasteiger partial charge in [-0.25, -0.2) is 0 Å². The molecule has 6 nitrogen and oxygen atoms in total. The summed E-state index contributed by atoms with van der Waals surface area (Å²) in [6.45, 7) is 2.81. The van der Waals surface area contributed by atoms with Gasteiger partial charge in [0.05, 0.1) is 0 Å². The second-order valence-electron chi connectivity index (χ2n) is 6.14. The Kier molecular flexibility index (Phi) is 3.36. The highest BCUT2D eigenvalue weighted by Crippen LogP contribution is 2.28. The molecule has 2 aliphatic heterocycles. The molecule has 110 valence electrons. The number of anilines is 1. The highest BCUT2D eigenvalue weighted by atomic mass is 16.5. The van der Waals surface area contributed by atoms with Crippen molar-refractivity contribution in [2.24, 2.45) is 0 Å². The normalized spacial score (nSPS) is 28.2. The van der Waals surface area contributed by atoms with E-state index in [4.69, 9.17) is 9.26 Å². The smallest absolute Gasteiger partial charge is 0.324 e. The fourth-order valence-electron chi connectivity index (χ4n) is 3.09. The molecule has 0 bridgehead atoms. The van der Waals surface area contributed by atoms with Crippen molar-refractivity contribution in [3.05, 3.63) is 5.82 Å². The Morgan fingerprint density at radius 2 is 1.85 bits per heavy atom. The van der Waals surface area contributed by atoms with Crippen LogP contribution in [0.25, 0.3) is 0 Å². The van der Waals surface area contributed by atoms with Crippen LogP contribution in [0.2, 0.25) is 0 Å². The third-order valence-electron chi connectivity index (χ3n) is 4.46. The third kappa shape index (κ3) is 2.67. The van der Waals surface area contributed by atoms with Gasteiger partial charge in [0.2, 0.25) is 5.82 Å². The fourth-order valence-corrected chi connectivity index (χ4v) is 3.09. The maximum Gasteiger partial charge on any atom is 0.324 e. The molecule has 4 rings (SSSR count). The average molecular weight is 278 g/mol. The first-order chi connectivity index (χ1) is 9.88. The number of aromatic nitrogens is 2. The lowest BCUT2D eigenvalue weighted by Gasteiger charge is -2.31. The van der Waals surface area contributed by atoms with Crippen molar-refractivity contribution in [3.63, 3.8) is 0 Å². The van der Waals surface area contributed by atoms with Crippen molar-refractivity contribution in [1.82, 2.24) is 15.5 Å². The highest BCUT2D eigenvalue weighted by molar-refractivity contribution is 5.26. The van der Waals surface area contributed by atoms with Gasteiger partial charge in [0.25, 0.3) is 0 Å². The molecule has 3 aliphatic rings. The summed E-state index contributed by atoms with van der Waals surface area (Å²) < 4.78 is 11.0. The number of ether oxygens (including phenoxy) is 1. The minimum Gasteiger partial charge on any atom is -0.370 e. The minimum atomic E-state index is 0.0431. The first-order valence-corrected chi connectivity index (χ1v) is 7.85. The molecule has 1 N–H and O–H groups in total. The van der Waals surface area contributed by atoms with E-state index in [1.807, 2.05) is 0 Å². The third-order valence-corrected chi connectivity index (χ3v) is 4.46. The molecule has 1 aliphatic carbocycles. The van der Waals surface area contributed by atoms with Crippen LogP contribution >= 0.6 is 0 Å². The van der Waals surface area contributed by atoms with Gasteiger partial charge in [-0.1, -0.05) is 5.16 Å². The lowest BCUT2D eigenvalue weighted by atomic mass is 10.1. The number of rotatable bonds is 4. The largest absolute Gasteiger partial charge is 0.370 e. The van der Waals surface area contributed by atoms with Gasteiger partial charge in [-0.2, -0.15) is 4.98 Å². The number of nitrogens with one attached hydrogen (secondary N) is 1. The van der Waals surface area contributed by atoms with Gasteiger partial charge >= 0.3 is 6.01 Å². The van der Waals surface area contributed by atoms with Crippen LogP contribution in [0.1, 0.15) is 50.5 Å². The molecular formula is C14H22N4O2. The zero-order chi connectivity index (χ0) is 13.4. The predicted molar refractivity (Wildman–Crippen MR) is 73.6 cm³/mol. The monoisotopic (exact) mass is 278 g/mol. The van der Waals surface area contributed by atoms with E-state index in [1.54, 1.807) is 0 Å². The van der Waals surface area contributed by atoms with E-state index in [-0.39, 0.29) is 6.10 Å². The molecule has 3 heterocycles. The summed E-state index contributed by atoms with van der Waals surface area (Å²) in [6, 6.07) is 2.13. The van der Waals surface area contributed by atoms with Gasteiger partial charge in [0.1, 0.15) is 6.10 Å². The first kappa shape index (κ1) is 12.6. The molecule has 1 saturated carbocycles. The Balaban J connectivity index is 1.33. The van der Waals surface area contributed by atoms with Crippen molar-refractivity contribution in [2.75, 3.05) is 24.6 Å². The van der Waals surface area contributed by atoms with Gasteiger partial charge < -0.3 is 19.5 Å². The van der Waals surface area contributed by atoms with Gasteiger partial charge in [0.15, 0.2) is 0 Å². The highest BCUT2D eigenvalue weighted by Gasteiger charge is 2.29. The maximum atomic E-state index is 5.59. The Hall–Kier alpha value is -1.14. The summed E-state index contributed by atoms with van der Waals surface area (Å²) >= 11 is 0. The molecule has 3 fully saturated rings. The maximum absolute atomic E-state index is 5.59. The molecule has 20 heavy (non-hydrogen) atoms. The van der Waals surface area contributed by atoms with E-state index >= 15 is 0 Å². The van der Waals surface area contributed by atoms with Gasteiger partial charge in [-0.15, -0.1) is 0 Å². The minimum absolute atomic E-state index is 0.0431. The Labute approximate surface area is 118 Å². The van der Waals surface area contributed by atoms with E-state index < -0.39 is 0 Å². The Morgan fingerprint density at radius 3 is 2.55 bits per heavy atom. The molecule has 1 aromatic rings. The quantitative estimate of drug-likeness (QED) is 0.903. The molecule has 1 aromatic heterocycles. The summed E-state index contributed by atoms with van der Waals surface area (Å²) in [7, 11) is 0. The lowest BCUT2D eigenvalue weighted by molar-refractivity contribution is 0.103. The number of hydrogen-bond acceptors (Lipinski definition) is 6. The SMILES string of the molecule is C1CO[C@H](c2noc(N3CCC(NC4CC4)CC3)n2)C1. The van der Waals surface area contributed by atoms with Crippen LogP contribution in [0.15, 0.2) is 4.52 Å². The van der Waals surface area contributed by atoms with Gasteiger partial charge in [0, 0.05) is 31.8 Å². The van der Waals surface area contributed by atoms with E-state index in [2.05, 4.69) is 20.4 Å². The molecule has 0 aromatic carbocycles. The Bertz CT molecular complexity index is 446. The summed E-state index contributed by atoms with van der Waals surface area (Å²) in [4.78, 5) is 6.72.